The first kappa shape index (κ1) is 13.0. The molecule has 0 bridgehead atoms. The van der Waals surface area contributed by atoms with Gasteiger partial charge in [0.05, 0.1) is 5.56 Å². The number of rotatable bonds is 2. The fourth-order valence-corrected chi connectivity index (χ4v) is 1.99. The van der Waals surface area contributed by atoms with Gasteiger partial charge in [-0.05, 0) is 49.2 Å². The third-order valence-electron chi connectivity index (χ3n) is 2.75. The Hall–Kier alpha value is -2.49. The van der Waals surface area contributed by atoms with Gasteiger partial charge in [0, 0.05) is 17.4 Å². The van der Waals surface area contributed by atoms with E-state index in [4.69, 9.17) is 5.73 Å². The van der Waals surface area contributed by atoms with Crippen molar-refractivity contribution in [2.75, 3.05) is 11.1 Å². The van der Waals surface area contributed by atoms with E-state index in [1.807, 2.05) is 32.0 Å². The molecule has 0 saturated carbocycles. The Morgan fingerprint density at radius 3 is 2.32 bits per heavy atom. The molecule has 0 spiro atoms. The number of benzene rings is 2. The fraction of sp³-hybridized carbons (Fsp3) is 0.133. The van der Waals surface area contributed by atoms with Crippen LogP contribution in [0, 0.1) is 13.8 Å². The van der Waals surface area contributed by atoms with Gasteiger partial charge in [-0.15, -0.1) is 0 Å². The second-order valence-corrected chi connectivity index (χ2v) is 4.61. The zero-order valence-electron chi connectivity index (χ0n) is 10.9. The maximum absolute atomic E-state index is 12.1. The molecule has 0 heterocycles. The second-order valence-electron chi connectivity index (χ2n) is 4.61. The summed E-state index contributed by atoms with van der Waals surface area (Å²) in [5.74, 6) is -0.482. The number of phenols is 1. The van der Waals surface area contributed by atoms with Gasteiger partial charge >= 0.3 is 0 Å². The topological polar surface area (TPSA) is 75.4 Å². The molecule has 4 N–H and O–H groups in total. The third kappa shape index (κ3) is 3.04. The smallest absolute Gasteiger partial charge is 0.259 e. The van der Waals surface area contributed by atoms with E-state index < -0.39 is 0 Å². The highest BCUT2D eigenvalue weighted by Gasteiger charge is 2.11. The Balaban J connectivity index is 2.25. The Morgan fingerprint density at radius 1 is 1.11 bits per heavy atom. The number of nitrogens with two attached hydrogens (primary N) is 1. The van der Waals surface area contributed by atoms with Gasteiger partial charge in [0.15, 0.2) is 0 Å². The number of amides is 1. The van der Waals surface area contributed by atoms with E-state index >= 15 is 0 Å². The van der Waals surface area contributed by atoms with Crippen LogP contribution in [0.1, 0.15) is 21.5 Å². The minimum absolute atomic E-state index is 0.123. The monoisotopic (exact) mass is 256 g/mol. The molecule has 2 aromatic carbocycles. The number of hydrogen-bond acceptors (Lipinski definition) is 3. The molecular weight excluding hydrogens is 240 g/mol. The van der Waals surface area contributed by atoms with Crippen LogP contribution >= 0.6 is 0 Å². The molecule has 0 radical (unpaired) electrons. The molecule has 4 heteroatoms. The normalized spacial score (nSPS) is 10.2. The van der Waals surface area contributed by atoms with Crippen molar-refractivity contribution in [3.8, 4) is 5.75 Å². The van der Waals surface area contributed by atoms with Crippen LogP contribution in [0.5, 0.6) is 5.75 Å². The number of aryl methyl sites for hydroxylation is 2. The number of nitrogen functional groups attached to an aromatic ring is 1. The largest absolute Gasteiger partial charge is 0.507 e. The molecule has 0 aromatic heterocycles. The van der Waals surface area contributed by atoms with Crippen LogP contribution in [0.15, 0.2) is 36.4 Å². The maximum Gasteiger partial charge on any atom is 0.259 e. The molecule has 0 fully saturated rings. The van der Waals surface area contributed by atoms with Crippen LogP contribution in [-0.4, -0.2) is 11.0 Å². The van der Waals surface area contributed by atoms with Gasteiger partial charge in [0.2, 0.25) is 0 Å². The first-order valence-corrected chi connectivity index (χ1v) is 5.94. The van der Waals surface area contributed by atoms with Gasteiger partial charge in [-0.3, -0.25) is 4.79 Å². The van der Waals surface area contributed by atoms with Crippen LogP contribution in [0.25, 0.3) is 0 Å². The molecular formula is C15H16N2O2. The molecule has 1 amide bonds. The number of carbonyl (C=O) groups excluding carboxylic acids is 1. The summed E-state index contributed by atoms with van der Waals surface area (Å²) < 4.78 is 0. The van der Waals surface area contributed by atoms with E-state index in [9.17, 15) is 9.90 Å². The first-order chi connectivity index (χ1) is 8.95. The highest BCUT2D eigenvalue weighted by molar-refractivity contribution is 6.06. The minimum atomic E-state index is -0.359. The van der Waals surface area contributed by atoms with E-state index in [1.165, 1.54) is 12.1 Å². The van der Waals surface area contributed by atoms with Gasteiger partial charge in [-0.25, -0.2) is 0 Å². The van der Waals surface area contributed by atoms with Crippen LogP contribution in [-0.2, 0) is 0 Å². The van der Waals surface area contributed by atoms with E-state index in [2.05, 4.69) is 5.32 Å². The van der Waals surface area contributed by atoms with Crippen molar-refractivity contribution >= 4 is 17.3 Å². The average molecular weight is 256 g/mol. The second kappa shape index (κ2) is 5.02. The average Bonchev–Trinajstić information content (AvgIpc) is 2.26. The van der Waals surface area contributed by atoms with Gasteiger partial charge in [-0.1, -0.05) is 6.07 Å². The van der Waals surface area contributed by atoms with Gasteiger partial charge in [-0.2, -0.15) is 0 Å². The highest BCUT2D eigenvalue weighted by Crippen LogP contribution is 2.22. The van der Waals surface area contributed by atoms with Crippen molar-refractivity contribution in [1.82, 2.24) is 0 Å². The fourth-order valence-electron chi connectivity index (χ4n) is 1.99. The van der Waals surface area contributed by atoms with Crippen molar-refractivity contribution in [2.45, 2.75) is 13.8 Å². The van der Waals surface area contributed by atoms with Crippen molar-refractivity contribution in [3.05, 3.63) is 53.1 Å². The standard InChI is InChI=1S/C15H16N2O2/c1-9-5-10(2)7-12(6-9)17-15(19)13-4-3-11(16)8-14(13)18/h3-8,18H,16H2,1-2H3,(H,17,19). The number of hydrogen-bond donors (Lipinski definition) is 3. The van der Waals surface area contributed by atoms with Crippen molar-refractivity contribution in [2.24, 2.45) is 0 Å². The van der Waals surface area contributed by atoms with E-state index in [1.54, 1.807) is 6.07 Å². The molecule has 0 aliphatic rings. The van der Waals surface area contributed by atoms with Crippen LogP contribution in [0.2, 0.25) is 0 Å². The number of carbonyl (C=O) groups is 1. The van der Waals surface area contributed by atoms with Crippen molar-refractivity contribution < 1.29 is 9.90 Å². The lowest BCUT2D eigenvalue weighted by molar-refractivity contribution is 0.102. The molecule has 0 aliphatic heterocycles. The maximum atomic E-state index is 12.1. The number of nitrogens with one attached hydrogen (secondary N) is 1. The summed E-state index contributed by atoms with van der Waals surface area (Å²) in [6, 6.07) is 10.2. The number of anilines is 2. The lowest BCUT2D eigenvalue weighted by Crippen LogP contribution is -2.12. The van der Waals surface area contributed by atoms with Crippen LogP contribution < -0.4 is 11.1 Å². The van der Waals surface area contributed by atoms with Crippen molar-refractivity contribution in [1.29, 1.82) is 0 Å². The highest BCUT2D eigenvalue weighted by atomic mass is 16.3. The lowest BCUT2D eigenvalue weighted by Gasteiger charge is -2.09. The molecule has 4 nitrogen and oxygen atoms in total. The molecule has 2 rings (SSSR count). The summed E-state index contributed by atoms with van der Waals surface area (Å²) in [6.07, 6.45) is 0. The summed E-state index contributed by atoms with van der Waals surface area (Å²) in [7, 11) is 0. The van der Waals surface area contributed by atoms with E-state index in [0.717, 1.165) is 11.1 Å². The minimum Gasteiger partial charge on any atom is -0.507 e. The molecule has 98 valence electrons. The van der Waals surface area contributed by atoms with Crippen molar-refractivity contribution in [3.63, 3.8) is 0 Å². The molecule has 19 heavy (non-hydrogen) atoms. The number of phenolic OH excluding ortho intramolecular Hbond substituents is 1. The third-order valence-corrected chi connectivity index (χ3v) is 2.75. The predicted molar refractivity (Wildman–Crippen MR) is 76.4 cm³/mol. The molecule has 0 aliphatic carbocycles. The molecule has 0 saturated heterocycles. The quantitative estimate of drug-likeness (QED) is 0.723. The molecule has 0 unspecified atom stereocenters. The molecule has 0 atom stereocenters. The Kier molecular flexibility index (Phi) is 3.42. The predicted octanol–water partition coefficient (Wildman–Crippen LogP) is 2.84. The SMILES string of the molecule is Cc1cc(C)cc(NC(=O)c2ccc(N)cc2O)c1. The van der Waals surface area contributed by atoms with Gasteiger partial charge < -0.3 is 16.2 Å². The van der Waals surface area contributed by atoms with E-state index in [-0.39, 0.29) is 17.2 Å². The lowest BCUT2D eigenvalue weighted by atomic mass is 10.1. The van der Waals surface area contributed by atoms with Crippen LogP contribution in [0.4, 0.5) is 11.4 Å². The summed E-state index contributed by atoms with van der Waals surface area (Å²) in [4.78, 5) is 12.1. The van der Waals surface area contributed by atoms with Gasteiger partial charge in [0.25, 0.3) is 5.91 Å². The Bertz CT molecular complexity index is 616. The van der Waals surface area contributed by atoms with E-state index in [0.29, 0.717) is 11.4 Å². The molecule has 2 aromatic rings. The van der Waals surface area contributed by atoms with Gasteiger partial charge in [0.1, 0.15) is 5.75 Å². The number of aromatic hydroxyl groups is 1. The van der Waals surface area contributed by atoms with Crippen LogP contribution in [0.3, 0.4) is 0 Å². The zero-order chi connectivity index (χ0) is 14.0. The zero-order valence-corrected chi connectivity index (χ0v) is 10.9. The Morgan fingerprint density at radius 2 is 1.74 bits per heavy atom. The summed E-state index contributed by atoms with van der Waals surface area (Å²) in [6.45, 7) is 3.92. The summed E-state index contributed by atoms with van der Waals surface area (Å²) >= 11 is 0. The Labute approximate surface area is 111 Å². The summed E-state index contributed by atoms with van der Waals surface area (Å²) in [5, 5.41) is 12.5. The first-order valence-electron chi connectivity index (χ1n) is 5.94. The summed E-state index contributed by atoms with van der Waals surface area (Å²) in [5.41, 5.74) is 8.99.